The molecule has 1 aliphatic rings. The van der Waals surface area contributed by atoms with Gasteiger partial charge in [-0.15, -0.1) is 0 Å². The van der Waals surface area contributed by atoms with E-state index >= 15 is 0 Å². The van der Waals surface area contributed by atoms with Crippen molar-refractivity contribution >= 4 is 13.9 Å². The van der Waals surface area contributed by atoms with Crippen molar-refractivity contribution in [3.8, 4) is 11.8 Å². The summed E-state index contributed by atoms with van der Waals surface area (Å²) in [5.41, 5.74) is -0.313. The number of carbonyl (C=O) groups excluding carboxylic acids is 1. The first-order valence-corrected chi connectivity index (χ1v) is 12.8. The lowest BCUT2D eigenvalue weighted by Crippen LogP contribution is -2.51. The molecule has 1 N–H and O–H groups in total. The third-order valence-corrected chi connectivity index (χ3v) is 7.27. The number of hydrogen-bond donors (Lipinski definition) is 1. The molecule has 2 unspecified atom stereocenters. The maximum atomic E-state index is 12.2. The molecule has 0 aromatic heterocycles. The molecule has 0 heterocycles. The van der Waals surface area contributed by atoms with Gasteiger partial charge in [-0.05, 0) is 39.0 Å². The number of rotatable bonds is 8. The van der Waals surface area contributed by atoms with Crippen LogP contribution in [0, 0.1) is 17.8 Å². The number of Topliss-reactive ketones (excluding diaryl/α,β-unsaturated/α-hetero) is 1. The zero-order valence-corrected chi connectivity index (χ0v) is 18.5. The van der Waals surface area contributed by atoms with Crippen molar-refractivity contribution in [3.63, 3.8) is 0 Å². The maximum Gasteiger partial charge on any atom is 0.254 e. The van der Waals surface area contributed by atoms with Crippen LogP contribution in [0.2, 0.25) is 25.2 Å². The molecule has 4 nitrogen and oxygen atoms in total. The van der Waals surface area contributed by atoms with Gasteiger partial charge in [0.05, 0.1) is 22.3 Å². The summed E-state index contributed by atoms with van der Waals surface area (Å²) in [6.45, 7) is 13.3. The van der Waals surface area contributed by atoms with Crippen molar-refractivity contribution in [2.75, 3.05) is 14.2 Å². The van der Waals surface area contributed by atoms with Crippen LogP contribution < -0.4 is 0 Å². The summed E-state index contributed by atoms with van der Waals surface area (Å²) in [6.07, 6.45) is 5.44. The number of aliphatic hydroxyl groups is 1. The van der Waals surface area contributed by atoms with Crippen LogP contribution in [0.5, 0.6) is 0 Å². The first-order chi connectivity index (χ1) is 12.0. The molecule has 3 atom stereocenters. The number of hydrogen-bond acceptors (Lipinski definition) is 4. The zero-order valence-electron chi connectivity index (χ0n) is 17.5. The minimum absolute atomic E-state index is 0.0592. The summed E-state index contributed by atoms with van der Waals surface area (Å²) in [7, 11) is 1.22. The standard InChI is InChI=1S/C21H34O4Si/c1-15(2)10-9-11-16(3)14-17(26(6,7)8)12-13-21(23)19(22)18(24-4)20(21)25-5/h10,16-17,23H,9,11,14H2,1-8H3/t16-,17?,21?/m1/s1. The van der Waals surface area contributed by atoms with E-state index in [-0.39, 0.29) is 17.1 Å². The molecule has 26 heavy (non-hydrogen) atoms. The second kappa shape index (κ2) is 8.92. The highest BCUT2D eigenvalue weighted by Crippen LogP contribution is 2.37. The summed E-state index contributed by atoms with van der Waals surface area (Å²) < 4.78 is 10.1. The lowest BCUT2D eigenvalue weighted by atomic mass is 9.83. The van der Waals surface area contributed by atoms with E-state index in [1.54, 1.807) is 0 Å². The van der Waals surface area contributed by atoms with Gasteiger partial charge in [0.25, 0.3) is 11.4 Å². The molecule has 1 rings (SSSR count). The molecular formula is C21H34O4Si. The smallest absolute Gasteiger partial charge is 0.254 e. The van der Waals surface area contributed by atoms with Gasteiger partial charge >= 0.3 is 0 Å². The molecule has 0 fully saturated rings. The molecule has 0 aromatic carbocycles. The second-order valence-corrected chi connectivity index (χ2v) is 13.9. The summed E-state index contributed by atoms with van der Waals surface area (Å²) in [5, 5.41) is 10.6. The van der Waals surface area contributed by atoms with Crippen LogP contribution in [0.1, 0.15) is 40.0 Å². The van der Waals surface area contributed by atoms with E-state index in [2.05, 4.69) is 58.3 Å². The summed E-state index contributed by atoms with van der Waals surface area (Å²) >= 11 is 0. The highest BCUT2D eigenvalue weighted by atomic mass is 28.3. The van der Waals surface area contributed by atoms with Crippen molar-refractivity contribution < 1.29 is 19.4 Å². The molecule has 0 radical (unpaired) electrons. The van der Waals surface area contributed by atoms with Crippen LogP contribution >= 0.6 is 0 Å². The summed E-state index contributed by atoms with van der Waals surface area (Å²) in [5.74, 6) is 6.23. The molecule has 0 saturated carbocycles. The molecule has 0 amide bonds. The van der Waals surface area contributed by atoms with Crippen LogP contribution in [-0.4, -0.2) is 38.8 Å². The lowest BCUT2D eigenvalue weighted by molar-refractivity contribution is -0.138. The van der Waals surface area contributed by atoms with Gasteiger partial charge in [0, 0.05) is 5.54 Å². The van der Waals surface area contributed by atoms with E-state index in [0.29, 0.717) is 5.92 Å². The average Bonchev–Trinajstić information content (AvgIpc) is 2.53. The van der Waals surface area contributed by atoms with Gasteiger partial charge in [0.15, 0.2) is 5.76 Å². The van der Waals surface area contributed by atoms with Gasteiger partial charge in [-0.3, -0.25) is 4.79 Å². The Morgan fingerprint density at radius 2 is 1.88 bits per heavy atom. The highest BCUT2D eigenvalue weighted by molar-refractivity contribution is 6.78. The third-order valence-electron chi connectivity index (χ3n) is 4.80. The molecule has 146 valence electrons. The Kier molecular flexibility index (Phi) is 7.73. The molecule has 0 spiro atoms. The van der Waals surface area contributed by atoms with Crippen LogP contribution in [0.3, 0.4) is 0 Å². The molecule has 1 aliphatic carbocycles. The van der Waals surface area contributed by atoms with Crippen molar-refractivity contribution in [2.24, 2.45) is 5.92 Å². The van der Waals surface area contributed by atoms with Gasteiger partial charge in [-0.2, -0.15) is 0 Å². The van der Waals surface area contributed by atoms with Crippen molar-refractivity contribution in [3.05, 3.63) is 23.2 Å². The maximum absolute atomic E-state index is 12.2. The van der Waals surface area contributed by atoms with E-state index in [9.17, 15) is 9.90 Å². The Bertz CT molecular complexity index is 641. The first-order valence-electron chi connectivity index (χ1n) is 9.23. The SMILES string of the molecule is COC1=C(OC)C(O)(C#CC(C[C@H](C)CCC=C(C)C)[Si](C)(C)C)C1=O. The predicted molar refractivity (Wildman–Crippen MR) is 108 cm³/mol. The van der Waals surface area contributed by atoms with E-state index < -0.39 is 19.5 Å². The molecular weight excluding hydrogens is 344 g/mol. The van der Waals surface area contributed by atoms with Crippen LogP contribution in [0.15, 0.2) is 23.2 Å². The van der Waals surface area contributed by atoms with Gasteiger partial charge in [-0.1, -0.05) is 50.1 Å². The van der Waals surface area contributed by atoms with Crippen molar-refractivity contribution in [1.29, 1.82) is 0 Å². The van der Waals surface area contributed by atoms with E-state index in [4.69, 9.17) is 9.47 Å². The Balaban J connectivity index is 2.95. The van der Waals surface area contributed by atoms with E-state index in [1.807, 2.05) is 0 Å². The molecule has 5 heteroatoms. The van der Waals surface area contributed by atoms with Gasteiger partial charge in [0.2, 0.25) is 5.76 Å². The van der Waals surface area contributed by atoms with Crippen molar-refractivity contribution in [2.45, 2.75) is 70.8 Å². The topological polar surface area (TPSA) is 55.8 Å². The largest absolute Gasteiger partial charge is 0.493 e. The summed E-state index contributed by atoms with van der Waals surface area (Å²) in [6, 6.07) is 0. The number of methoxy groups -OCH3 is 2. The van der Waals surface area contributed by atoms with E-state index in [0.717, 1.165) is 19.3 Å². The van der Waals surface area contributed by atoms with Gasteiger partial charge in [-0.25, -0.2) is 0 Å². The van der Waals surface area contributed by atoms with Crippen molar-refractivity contribution in [1.82, 2.24) is 0 Å². The monoisotopic (exact) mass is 378 g/mol. The number of allylic oxidation sites excluding steroid dienone is 2. The van der Waals surface area contributed by atoms with Crippen LogP contribution in [0.4, 0.5) is 0 Å². The first kappa shape index (κ1) is 22.5. The van der Waals surface area contributed by atoms with Crippen LogP contribution in [0.25, 0.3) is 0 Å². The molecule has 0 aliphatic heterocycles. The van der Waals surface area contributed by atoms with Crippen LogP contribution in [-0.2, 0) is 14.3 Å². The quantitative estimate of drug-likeness (QED) is 0.389. The molecule has 0 saturated heterocycles. The fourth-order valence-electron chi connectivity index (χ4n) is 3.01. The average molecular weight is 379 g/mol. The Morgan fingerprint density at radius 1 is 1.27 bits per heavy atom. The number of ether oxygens (including phenoxy) is 2. The Labute approximate surface area is 159 Å². The Hall–Kier alpha value is -1.51. The Morgan fingerprint density at radius 3 is 2.35 bits per heavy atom. The highest BCUT2D eigenvalue weighted by Gasteiger charge is 2.55. The lowest BCUT2D eigenvalue weighted by Gasteiger charge is -2.33. The zero-order chi connectivity index (χ0) is 20.1. The number of carbonyl (C=O) groups is 1. The summed E-state index contributed by atoms with van der Waals surface area (Å²) in [4.78, 5) is 12.2. The minimum atomic E-state index is -1.86. The second-order valence-electron chi connectivity index (χ2n) is 8.49. The fourth-order valence-corrected chi connectivity index (χ4v) is 4.62. The predicted octanol–water partition coefficient (Wildman–Crippen LogP) is 4.29. The van der Waals surface area contributed by atoms with E-state index in [1.165, 1.54) is 19.8 Å². The molecule has 0 bridgehead atoms. The normalized spacial score (nSPS) is 22.0. The van der Waals surface area contributed by atoms with Gasteiger partial charge in [0.1, 0.15) is 0 Å². The van der Waals surface area contributed by atoms with Gasteiger partial charge < -0.3 is 14.6 Å². The molecule has 0 aromatic rings. The number of ketones is 1. The fraction of sp³-hybridized carbons (Fsp3) is 0.667. The third kappa shape index (κ3) is 5.25. The minimum Gasteiger partial charge on any atom is -0.493 e.